The molecule has 0 radical (unpaired) electrons. The number of benzene rings is 1. The average molecular weight is 446 g/mol. The Hall–Kier alpha value is -2.26. The zero-order valence-corrected chi connectivity index (χ0v) is 18.5. The summed E-state index contributed by atoms with van der Waals surface area (Å²) >= 11 is 2.54. The van der Waals surface area contributed by atoms with Crippen LogP contribution in [0.5, 0.6) is 0 Å². The molecule has 1 aromatic rings. The van der Waals surface area contributed by atoms with Crippen LogP contribution in [0.2, 0.25) is 0 Å². The summed E-state index contributed by atoms with van der Waals surface area (Å²) in [6.45, 7) is 4.24. The van der Waals surface area contributed by atoms with Crippen molar-refractivity contribution in [1.82, 2.24) is 15.1 Å². The van der Waals surface area contributed by atoms with Gasteiger partial charge in [-0.15, -0.1) is 11.8 Å². The topological polar surface area (TPSA) is 86.8 Å². The number of nitrogens with zero attached hydrogens (tertiary/aromatic N) is 2. The first-order chi connectivity index (χ1) is 14.3. The van der Waals surface area contributed by atoms with Gasteiger partial charge < -0.3 is 10.2 Å². The third-order valence-corrected chi connectivity index (χ3v) is 8.04. The van der Waals surface area contributed by atoms with Crippen LogP contribution in [-0.2, 0) is 14.4 Å². The maximum Gasteiger partial charge on any atom is 0.293 e. The molecule has 0 saturated carbocycles. The molecule has 2 atom stereocenters. The number of nitrogens with one attached hydrogen (secondary N) is 1. The van der Waals surface area contributed by atoms with Crippen LogP contribution in [0.1, 0.15) is 30.9 Å². The van der Waals surface area contributed by atoms with Gasteiger partial charge in [-0.05, 0) is 43.7 Å². The van der Waals surface area contributed by atoms with E-state index in [9.17, 15) is 19.2 Å². The first kappa shape index (κ1) is 21.0. The van der Waals surface area contributed by atoms with Crippen molar-refractivity contribution in [3.63, 3.8) is 0 Å². The van der Waals surface area contributed by atoms with Crippen LogP contribution >= 0.6 is 23.5 Å². The number of imide groups is 1. The Balaban J connectivity index is 1.33. The molecule has 0 aromatic heterocycles. The van der Waals surface area contributed by atoms with Gasteiger partial charge in [0.25, 0.3) is 11.1 Å². The van der Waals surface area contributed by atoms with E-state index >= 15 is 0 Å². The normalized spacial score (nSPS) is 27.3. The van der Waals surface area contributed by atoms with Crippen molar-refractivity contribution in [2.24, 2.45) is 0 Å². The van der Waals surface area contributed by atoms with Gasteiger partial charge in [0.15, 0.2) is 0 Å². The Kier molecular flexibility index (Phi) is 5.67. The zero-order chi connectivity index (χ0) is 21.5. The van der Waals surface area contributed by atoms with Gasteiger partial charge in [0, 0.05) is 25.3 Å². The lowest BCUT2D eigenvalue weighted by Gasteiger charge is -2.29. The van der Waals surface area contributed by atoms with E-state index in [-0.39, 0.29) is 40.9 Å². The second-order valence-electron chi connectivity index (χ2n) is 7.80. The Bertz CT molecular complexity index is 946. The molecule has 3 aliphatic rings. The molecule has 4 rings (SSSR count). The number of amides is 4. The summed E-state index contributed by atoms with van der Waals surface area (Å²) in [5, 5.41) is 2.45. The van der Waals surface area contributed by atoms with Gasteiger partial charge in [-0.2, -0.15) is 0 Å². The standard InChI is InChI=1S/C21H23N3O4S2/c1-13-3-5-14(6-4-13)11-16-19(27)23(20(28)30-16)10-9-22-18(26)15-12-29-21(2)8-7-17(25)24(15)21/h3-6,11,15H,7-10,12H2,1-2H3,(H,22,26)/b16-11+/t15-,21-/m0/s1. The van der Waals surface area contributed by atoms with Crippen LogP contribution in [0.15, 0.2) is 29.2 Å². The maximum atomic E-state index is 12.6. The molecule has 0 unspecified atom stereocenters. The number of carbonyl (C=O) groups excluding carboxylic acids is 4. The summed E-state index contributed by atoms with van der Waals surface area (Å²) in [5.41, 5.74) is 1.98. The van der Waals surface area contributed by atoms with Gasteiger partial charge in [0.1, 0.15) is 6.04 Å². The summed E-state index contributed by atoms with van der Waals surface area (Å²) in [7, 11) is 0. The van der Waals surface area contributed by atoms with Gasteiger partial charge in [-0.1, -0.05) is 29.8 Å². The fraction of sp³-hybridized carbons (Fsp3) is 0.429. The minimum Gasteiger partial charge on any atom is -0.352 e. The summed E-state index contributed by atoms with van der Waals surface area (Å²) < 4.78 is 0. The largest absolute Gasteiger partial charge is 0.352 e. The summed E-state index contributed by atoms with van der Waals surface area (Å²) in [5.74, 6) is -0.00778. The molecule has 0 spiro atoms. The Morgan fingerprint density at radius 1 is 1.27 bits per heavy atom. The maximum absolute atomic E-state index is 12.6. The van der Waals surface area contributed by atoms with Crippen LogP contribution in [0, 0.1) is 6.92 Å². The Labute approximate surface area is 183 Å². The number of hydrogen-bond acceptors (Lipinski definition) is 6. The lowest BCUT2D eigenvalue weighted by Crippen LogP contribution is -2.51. The van der Waals surface area contributed by atoms with Crippen molar-refractivity contribution in [2.75, 3.05) is 18.8 Å². The molecule has 9 heteroatoms. The third kappa shape index (κ3) is 3.88. The van der Waals surface area contributed by atoms with E-state index in [1.807, 2.05) is 38.1 Å². The average Bonchev–Trinajstić information content (AvgIpc) is 3.30. The van der Waals surface area contributed by atoms with E-state index < -0.39 is 6.04 Å². The van der Waals surface area contributed by atoms with E-state index in [2.05, 4.69) is 5.32 Å². The highest BCUT2D eigenvalue weighted by Crippen LogP contribution is 2.47. The van der Waals surface area contributed by atoms with E-state index in [1.54, 1.807) is 22.7 Å². The summed E-state index contributed by atoms with van der Waals surface area (Å²) in [6.07, 6.45) is 2.93. The molecule has 1 N–H and O–H groups in total. The van der Waals surface area contributed by atoms with Gasteiger partial charge in [0.05, 0.1) is 9.78 Å². The smallest absolute Gasteiger partial charge is 0.293 e. The van der Waals surface area contributed by atoms with Crippen molar-refractivity contribution in [3.05, 3.63) is 40.3 Å². The third-order valence-electron chi connectivity index (χ3n) is 5.63. The molecule has 158 valence electrons. The minimum atomic E-state index is -0.494. The molecule has 30 heavy (non-hydrogen) atoms. The number of fused-ring (bicyclic) bond motifs is 1. The van der Waals surface area contributed by atoms with Crippen molar-refractivity contribution in [3.8, 4) is 0 Å². The molecule has 1 aromatic carbocycles. The summed E-state index contributed by atoms with van der Waals surface area (Å²) in [6, 6.07) is 7.20. The Morgan fingerprint density at radius 2 is 2.00 bits per heavy atom. The van der Waals surface area contributed by atoms with Crippen LogP contribution in [-0.4, -0.2) is 62.5 Å². The molecule has 0 bridgehead atoms. The van der Waals surface area contributed by atoms with E-state index in [4.69, 9.17) is 0 Å². The fourth-order valence-corrected chi connectivity index (χ4v) is 6.23. The molecule has 3 aliphatic heterocycles. The van der Waals surface area contributed by atoms with Crippen molar-refractivity contribution in [2.45, 2.75) is 37.6 Å². The van der Waals surface area contributed by atoms with E-state index in [0.29, 0.717) is 17.1 Å². The fourth-order valence-electron chi connectivity index (χ4n) is 3.93. The number of aryl methyl sites for hydroxylation is 1. The van der Waals surface area contributed by atoms with E-state index in [1.165, 1.54) is 0 Å². The Morgan fingerprint density at radius 3 is 2.73 bits per heavy atom. The number of rotatable bonds is 5. The molecule has 3 saturated heterocycles. The highest BCUT2D eigenvalue weighted by atomic mass is 32.2. The second-order valence-corrected chi connectivity index (χ2v) is 10.3. The number of thioether (sulfide) groups is 2. The van der Waals surface area contributed by atoms with Crippen LogP contribution < -0.4 is 5.32 Å². The van der Waals surface area contributed by atoms with Crippen LogP contribution in [0.25, 0.3) is 6.08 Å². The highest BCUT2D eigenvalue weighted by molar-refractivity contribution is 8.18. The van der Waals surface area contributed by atoms with Crippen LogP contribution in [0.3, 0.4) is 0 Å². The highest BCUT2D eigenvalue weighted by Gasteiger charge is 2.52. The number of carbonyl (C=O) groups is 4. The van der Waals surface area contributed by atoms with Crippen molar-refractivity contribution >= 4 is 52.6 Å². The lowest BCUT2D eigenvalue weighted by atomic mass is 10.1. The quantitative estimate of drug-likeness (QED) is 0.701. The van der Waals surface area contributed by atoms with Crippen molar-refractivity contribution < 1.29 is 19.2 Å². The molecule has 4 amide bonds. The summed E-state index contributed by atoms with van der Waals surface area (Å²) in [4.78, 5) is 52.6. The number of hydrogen-bond donors (Lipinski definition) is 1. The molecule has 3 heterocycles. The zero-order valence-electron chi connectivity index (χ0n) is 16.8. The van der Waals surface area contributed by atoms with Gasteiger partial charge in [-0.25, -0.2) is 0 Å². The monoisotopic (exact) mass is 445 g/mol. The predicted octanol–water partition coefficient (Wildman–Crippen LogP) is 2.60. The lowest BCUT2D eigenvalue weighted by molar-refractivity contribution is -0.137. The SMILES string of the molecule is Cc1ccc(/C=C2/SC(=O)N(CCNC(=O)[C@@H]3CS[C@@]4(C)CCC(=O)N34)C2=O)cc1. The molecule has 3 fully saturated rings. The predicted molar refractivity (Wildman–Crippen MR) is 118 cm³/mol. The molecular formula is C21H23N3O4S2. The van der Waals surface area contributed by atoms with Gasteiger partial charge in [0.2, 0.25) is 11.8 Å². The first-order valence-corrected chi connectivity index (χ1v) is 11.6. The molecular weight excluding hydrogens is 422 g/mol. The molecule has 0 aliphatic carbocycles. The van der Waals surface area contributed by atoms with Crippen LogP contribution in [0.4, 0.5) is 4.79 Å². The minimum absolute atomic E-state index is 0.00910. The first-order valence-electron chi connectivity index (χ1n) is 9.84. The van der Waals surface area contributed by atoms with Gasteiger partial charge in [-0.3, -0.25) is 24.1 Å². The van der Waals surface area contributed by atoms with Gasteiger partial charge >= 0.3 is 0 Å². The molecule has 7 nitrogen and oxygen atoms in total. The van der Waals surface area contributed by atoms with E-state index in [0.717, 1.165) is 34.2 Å². The second kappa shape index (κ2) is 8.11. The van der Waals surface area contributed by atoms with Crippen molar-refractivity contribution in [1.29, 1.82) is 0 Å².